The van der Waals surface area contributed by atoms with Crippen molar-refractivity contribution in [3.05, 3.63) is 23.9 Å². The molecule has 9 nitrogen and oxygen atoms in total. The molecule has 0 radical (unpaired) electrons. The molecule has 0 amide bonds. The number of amidine groups is 1. The van der Waals surface area contributed by atoms with Gasteiger partial charge in [0, 0.05) is 6.20 Å². The fourth-order valence-electron chi connectivity index (χ4n) is 1.25. The predicted octanol–water partition coefficient (Wildman–Crippen LogP) is -0.945. The summed E-state index contributed by atoms with van der Waals surface area (Å²) in [6.07, 6.45) is 1.71. The maximum atomic E-state index is 10.6. The van der Waals surface area contributed by atoms with Gasteiger partial charge in [0.05, 0.1) is 0 Å². The average Bonchev–Trinajstić information content (AvgIpc) is 2.38. The van der Waals surface area contributed by atoms with Gasteiger partial charge in [0.2, 0.25) is 5.96 Å². The number of rotatable bonds is 5. The molecule has 108 valence electrons. The minimum atomic E-state index is -1.06. The maximum absolute atomic E-state index is 10.6. The van der Waals surface area contributed by atoms with Crippen LogP contribution in [0.5, 0.6) is 0 Å². The number of guanidine groups is 1. The van der Waals surface area contributed by atoms with Crippen LogP contribution in [0, 0.1) is 0 Å². The summed E-state index contributed by atoms with van der Waals surface area (Å²) in [6.45, 7) is 1.58. The second kappa shape index (κ2) is 7.04. The number of hydrogen-bond donors (Lipinski definition) is 5. The molecule has 20 heavy (non-hydrogen) atoms. The SMILES string of the molecule is C/C(N)=N/N=C(\N)Nc1ccc(CC(N)C(=O)O)cn1. The fourth-order valence-corrected chi connectivity index (χ4v) is 1.25. The lowest BCUT2D eigenvalue weighted by Gasteiger charge is -2.07. The molecule has 9 heteroatoms. The van der Waals surface area contributed by atoms with Crippen LogP contribution in [0.2, 0.25) is 0 Å². The van der Waals surface area contributed by atoms with Crippen LogP contribution in [-0.2, 0) is 11.2 Å². The first kappa shape index (κ1) is 15.4. The first-order valence-electron chi connectivity index (χ1n) is 5.72. The summed E-state index contributed by atoms with van der Waals surface area (Å²) in [6, 6.07) is 2.37. The van der Waals surface area contributed by atoms with Crippen LogP contribution >= 0.6 is 0 Å². The Hall–Kier alpha value is -2.68. The van der Waals surface area contributed by atoms with E-state index in [0.29, 0.717) is 11.4 Å². The number of aromatic nitrogens is 1. The topological polar surface area (TPSA) is 165 Å². The van der Waals surface area contributed by atoms with Crippen LogP contribution in [0.1, 0.15) is 12.5 Å². The molecule has 1 aromatic rings. The van der Waals surface area contributed by atoms with Gasteiger partial charge in [-0.3, -0.25) is 4.79 Å². The number of pyridine rings is 1. The van der Waals surface area contributed by atoms with Crippen molar-refractivity contribution >= 4 is 23.6 Å². The molecule has 0 saturated carbocycles. The molecule has 0 bridgehead atoms. The lowest BCUT2D eigenvalue weighted by Crippen LogP contribution is -2.32. The van der Waals surface area contributed by atoms with E-state index in [4.69, 9.17) is 22.3 Å². The Bertz CT molecular complexity index is 520. The molecule has 1 unspecified atom stereocenters. The second-order valence-electron chi connectivity index (χ2n) is 4.05. The number of aliphatic carboxylic acids is 1. The predicted molar refractivity (Wildman–Crippen MR) is 76.1 cm³/mol. The van der Waals surface area contributed by atoms with Crippen molar-refractivity contribution in [2.45, 2.75) is 19.4 Å². The highest BCUT2D eigenvalue weighted by molar-refractivity contribution is 5.91. The third kappa shape index (κ3) is 5.31. The molecule has 0 saturated heterocycles. The molecule has 0 fully saturated rings. The molecular weight excluding hydrogens is 262 g/mol. The van der Waals surface area contributed by atoms with E-state index < -0.39 is 12.0 Å². The van der Waals surface area contributed by atoms with Gasteiger partial charge >= 0.3 is 5.97 Å². The molecule has 1 rings (SSSR count). The van der Waals surface area contributed by atoms with Gasteiger partial charge in [0.15, 0.2) is 0 Å². The van der Waals surface area contributed by atoms with Crippen molar-refractivity contribution in [2.24, 2.45) is 27.4 Å². The van der Waals surface area contributed by atoms with Crippen LogP contribution in [0.15, 0.2) is 28.5 Å². The van der Waals surface area contributed by atoms with Crippen molar-refractivity contribution in [2.75, 3.05) is 5.32 Å². The highest BCUT2D eigenvalue weighted by atomic mass is 16.4. The maximum Gasteiger partial charge on any atom is 0.320 e. The molecule has 0 aromatic carbocycles. The Labute approximate surface area is 115 Å². The van der Waals surface area contributed by atoms with Crippen LogP contribution < -0.4 is 22.5 Å². The zero-order chi connectivity index (χ0) is 15.1. The third-order valence-electron chi connectivity index (χ3n) is 2.17. The first-order chi connectivity index (χ1) is 9.38. The Morgan fingerprint density at radius 3 is 2.65 bits per heavy atom. The van der Waals surface area contributed by atoms with Crippen molar-refractivity contribution in [1.29, 1.82) is 0 Å². The summed E-state index contributed by atoms with van der Waals surface area (Å²) in [5.74, 6) is -0.291. The molecule has 0 aliphatic heterocycles. The Morgan fingerprint density at radius 1 is 1.45 bits per heavy atom. The van der Waals surface area contributed by atoms with Crippen LogP contribution in [0.3, 0.4) is 0 Å². The smallest absolute Gasteiger partial charge is 0.320 e. The van der Waals surface area contributed by atoms with Gasteiger partial charge in [-0.25, -0.2) is 4.98 Å². The zero-order valence-corrected chi connectivity index (χ0v) is 10.9. The summed E-state index contributed by atoms with van der Waals surface area (Å²) in [4.78, 5) is 14.7. The number of carboxylic acids is 1. The normalized spacial score (nSPS) is 13.9. The number of anilines is 1. The summed E-state index contributed by atoms with van der Waals surface area (Å²) in [7, 11) is 0. The average molecular weight is 279 g/mol. The molecule has 0 aliphatic carbocycles. The van der Waals surface area contributed by atoms with E-state index in [1.54, 1.807) is 19.1 Å². The highest BCUT2D eigenvalue weighted by Gasteiger charge is 2.12. The fraction of sp³-hybridized carbons (Fsp3) is 0.273. The van der Waals surface area contributed by atoms with Gasteiger partial charge in [-0.1, -0.05) is 6.07 Å². The van der Waals surface area contributed by atoms with E-state index in [0.717, 1.165) is 0 Å². The summed E-state index contributed by atoms with van der Waals surface area (Å²) in [5, 5.41) is 18.6. The van der Waals surface area contributed by atoms with E-state index in [2.05, 4.69) is 20.5 Å². The monoisotopic (exact) mass is 279 g/mol. The van der Waals surface area contributed by atoms with Gasteiger partial charge in [0.1, 0.15) is 17.7 Å². The molecular formula is C11H17N7O2. The van der Waals surface area contributed by atoms with Gasteiger partial charge in [-0.05, 0) is 25.0 Å². The zero-order valence-electron chi connectivity index (χ0n) is 10.9. The van der Waals surface area contributed by atoms with E-state index in [9.17, 15) is 4.79 Å². The summed E-state index contributed by atoms with van der Waals surface area (Å²) in [5.41, 5.74) is 17.0. The number of nitrogens with two attached hydrogens (primary N) is 3. The standard InChI is InChI=1S/C11H17N7O2/c1-6(12)17-18-11(14)16-9-3-2-7(5-15-9)4-8(13)10(19)20/h2-3,5,8H,4,13H2,1H3,(H2,12,17)(H,19,20)(H3,14,15,16,18). The minimum Gasteiger partial charge on any atom is -0.480 e. The third-order valence-corrected chi connectivity index (χ3v) is 2.17. The molecule has 8 N–H and O–H groups in total. The largest absolute Gasteiger partial charge is 0.480 e. The van der Waals surface area contributed by atoms with Gasteiger partial charge < -0.3 is 27.6 Å². The van der Waals surface area contributed by atoms with Gasteiger partial charge in [-0.2, -0.15) is 0 Å². The first-order valence-corrected chi connectivity index (χ1v) is 5.72. The van der Waals surface area contributed by atoms with Crippen LogP contribution in [0.4, 0.5) is 5.82 Å². The number of carboxylic acid groups (broad SMARTS) is 1. The minimum absolute atomic E-state index is 0.0392. The number of nitrogens with one attached hydrogen (secondary N) is 1. The molecule has 1 atom stereocenters. The van der Waals surface area contributed by atoms with Gasteiger partial charge in [-0.15, -0.1) is 10.2 Å². The van der Waals surface area contributed by atoms with Crippen LogP contribution in [0.25, 0.3) is 0 Å². The Balaban J connectivity index is 2.65. The van der Waals surface area contributed by atoms with E-state index in [1.165, 1.54) is 6.20 Å². The van der Waals surface area contributed by atoms with Crippen molar-refractivity contribution in [1.82, 2.24) is 4.98 Å². The van der Waals surface area contributed by atoms with E-state index in [1.807, 2.05) is 0 Å². The van der Waals surface area contributed by atoms with E-state index in [-0.39, 0.29) is 18.2 Å². The van der Waals surface area contributed by atoms with Crippen LogP contribution in [-0.4, -0.2) is 33.9 Å². The van der Waals surface area contributed by atoms with Gasteiger partial charge in [0.25, 0.3) is 0 Å². The quantitative estimate of drug-likeness (QED) is 0.263. The summed E-state index contributed by atoms with van der Waals surface area (Å²) >= 11 is 0. The number of hydrogen-bond acceptors (Lipinski definition) is 5. The molecule has 1 aromatic heterocycles. The van der Waals surface area contributed by atoms with Crippen molar-refractivity contribution in [3.8, 4) is 0 Å². The van der Waals surface area contributed by atoms with Crippen molar-refractivity contribution < 1.29 is 9.90 Å². The second-order valence-corrected chi connectivity index (χ2v) is 4.05. The Morgan fingerprint density at radius 2 is 2.15 bits per heavy atom. The molecule has 0 aliphatic rings. The van der Waals surface area contributed by atoms with Crippen molar-refractivity contribution in [3.63, 3.8) is 0 Å². The molecule has 1 heterocycles. The lowest BCUT2D eigenvalue weighted by molar-refractivity contribution is -0.138. The highest BCUT2D eigenvalue weighted by Crippen LogP contribution is 2.06. The number of nitrogens with zero attached hydrogens (tertiary/aromatic N) is 3. The number of carbonyl (C=O) groups is 1. The lowest BCUT2D eigenvalue weighted by atomic mass is 10.1. The van der Waals surface area contributed by atoms with E-state index >= 15 is 0 Å². The summed E-state index contributed by atoms with van der Waals surface area (Å²) < 4.78 is 0. The Kier molecular flexibility index (Phi) is 5.42. The molecule has 0 spiro atoms.